The molecule has 0 atom stereocenters. The highest BCUT2D eigenvalue weighted by Crippen LogP contribution is 2.28. The van der Waals surface area contributed by atoms with Crippen molar-refractivity contribution < 1.29 is 4.79 Å². The van der Waals surface area contributed by atoms with Gasteiger partial charge in [0.25, 0.3) is 0 Å². The third-order valence-corrected chi connectivity index (χ3v) is 3.91. The van der Waals surface area contributed by atoms with Crippen molar-refractivity contribution in [1.82, 2.24) is 4.90 Å². The molecule has 1 amide bonds. The molecule has 0 radical (unpaired) electrons. The fourth-order valence-electron chi connectivity index (χ4n) is 2.08. The zero-order valence-corrected chi connectivity index (χ0v) is 11.9. The van der Waals surface area contributed by atoms with E-state index >= 15 is 0 Å². The number of amides is 1. The van der Waals surface area contributed by atoms with E-state index in [1.54, 1.807) is 11.8 Å². The van der Waals surface area contributed by atoms with Crippen LogP contribution in [0.3, 0.4) is 0 Å². The van der Waals surface area contributed by atoms with E-state index in [9.17, 15) is 4.79 Å². The summed E-state index contributed by atoms with van der Waals surface area (Å²) in [6, 6.07) is 7.87. The number of nitrogens with zero attached hydrogens (tertiary/aromatic N) is 1. The Kier molecular flexibility index (Phi) is 4.72. The predicted octanol–water partition coefficient (Wildman–Crippen LogP) is 3.32. The molecule has 0 spiro atoms. The van der Waals surface area contributed by atoms with Gasteiger partial charge in [-0.1, -0.05) is 35.9 Å². The van der Waals surface area contributed by atoms with Gasteiger partial charge in [0.15, 0.2) is 0 Å². The Morgan fingerprint density at radius 3 is 2.83 bits per heavy atom. The van der Waals surface area contributed by atoms with Crippen molar-refractivity contribution in [3.8, 4) is 0 Å². The first-order chi connectivity index (χ1) is 8.72. The molecule has 4 heteroatoms. The minimum Gasteiger partial charge on any atom is -0.338 e. The summed E-state index contributed by atoms with van der Waals surface area (Å²) < 4.78 is 0. The Morgan fingerprint density at radius 1 is 1.44 bits per heavy atom. The van der Waals surface area contributed by atoms with Crippen molar-refractivity contribution in [1.29, 1.82) is 0 Å². The lowest BCUT2D eigenvalue weighted by atomic mass is 9.99. The van der Waals surface area contributed by atoms with Gasteiger partial charge in [0.05, 0.1) is 5.75 Å². The van der Waals surface area contributed by atoms with Crippen LogP contribution in [0.1, 0.15) is 12.0 Å². The van der Waals surface area contributed by atoms with Gasteiger partial charge in [-0.15, -0.1) is 0 Å². The van der Waals surface area contributed by atoms with Crippen LogP contribution < -0.4 is 0 Å². The molecule has 0 N–H and O–H groups in total. The summed E-state index contributed by atoms with van der Waals surface area (Å²) in [5.41, 5.74) is 2.34. The minimum absolute atomic E-state index is 0.219. The van der Waals surface area contributed by atoms with Crippen LogP contribution in [-0.4, -0.2) is 35.9 Å². The van der Waals surface area contributed by atoms with Crippen LogP contribution in [0, 0.1) is 0 Å². The molecule has 0 saturated carbocycles. The first-order valence-corrected chi connectivity index (χ1v) is 7.70. The van der Waals surface area contributed by atoms with Crippen molar-refractivity contribution >= 4 is 34.8 Å². The first kappa shape index (κ1) is 13.5. The van der Waals surface area contributed by atoms with E-state index in [0.29, 0.717) is 12.3 Å². The molecule has 1 aliphatic rings. The molecule has 2 rings (SSSR count). The van der Waals surface area contributed by atoms with Crippen LogP contribution in [-0.2, 0) is 4.79 Å². The number of hydrogen-bond donors (Lipinski definition) is 0. The summed E-state index contributed by atoms with van der Waals surface area (Å²) in [6.45, 7) is 1.48. The largest absolute Gasteiger partial charge is 0.338 e. The maximum absolute atomic E-state index is 11.8. The zero-order chi connectivity index (χ0) is 13.0. The molecule has 1 aliphatic heterocycles. The van der Waals surface area contributed by atoms with Gasteiger partial charge in [-0.3, -0.25) is 4.79 Å². The van der Waals surface area contributed by atoms with Crippen LogP contribution in [0.4, 0.5) is 0 Å². The molecule has 0 saturated heterocycles. The number of halogens is 1. The maximum Gasteiger partial charge on any atom is 0.232 e. The summed E-state index contributed by atoms with van der Waals surface area (Å²) in [4.78, 5) is 13.7. The van der Waals surface area contributed by atoms with E-state index < -0.39 is 0 Å². The Morgan fingerprint density at radius 2 is 2.22 bits per heavy atom. The maximum atomic E-state index is 11.8. The molecule has 1 aromatic carbocycles. The van der Waals surface area contributed by atoms with E-state index in [0.717, 1.165) is 23.6 Å². The average molecular weight is 282 g/mol. The molecule has 0 fully saturated rings. The molecular weight excluding hydrogens is 266 g/mol. The molecular formula is C14H16ClNOS. The van der Waals surface area contributed by atoms with Crippen molar-refractivity contribution in [2.45, 2.75) is 6.42 Å². The van der Waals surface area contributed by atoms with Crippen LogP contribution in [0.5, 0.6) is 0 Å². The van der Waals surface area contributed by atoms with Gasteiger partial charge in [0.1, 0.15) is 0 Å². The van der Waals surface area contributed by atoms with Gasteiger partial charge in [-0.25, -0.2) is 0 Å². The number of carbonyl (C=O) groups excluding carboxylic acids is 1. The van der Waals surface area contributed by atoms with Crippen LogP contribution in [0.25, 0.3) is 5.57 Å². The summed E-state index contributed by atoms with van der Waals surface area (Å²) in [5.74, 6) is 0.784. The molecule has 2 nitrogen and oxygen atoms in total. The third kappa shape index (κ3) is 3.09. The average Bonchev–Trinajstić information content (AvgIpc) is 2.40. The number of thioether (sulfide) groups is 1. The minimum atomic E-state index is 0.219. The highest BCUT2D eigenvalue weighted by Gasteiger charge is 2.18. The molecule has 1 aromatic rings. The van der Waals surface area contributed by atoms with E-state index in [4.69, 9.17) is 11.6 Å². The van der Waals surface area contributed by atoms with Crippen LogP contribution >= 0.6 is 23.4 Å². The molecule has 96 valence electrons. The van der Waals surface area contributed by atoms with E-state index in [1.165, 1.54) is 5.57 Å². The lowest BCUT2D eigenvalue weighted by Crippen LogP contribution is -2.35. The van der Waals surface area contributed by atoms with Crippen molar-refractivity contribution in [3.05, 3.63) is 40.9 Å². The van der Waals surface area contributed by atoms with Crippen molar-refractivity contribution in [2.24, 2.45) is 0 Å². The second-order valence-corrected chi connectivity index (χ2v) is 5.51. The standard InChI is InChI=1S/C14H16ClNOS/c1-18-10-14(17)16-8-6-11(7-9-16)12-4-2-3-5-13(12)15/h2-6H,7-10H2,1H3. The highest BCUT2D eigenvalue weighted by atomic mass is 35.5. The fraction of sp³-hybridized carbons (Fsp3) is 0.357. The number of rotatable bonds is 3. The predicted molar refractivity (Wildman–Crippen MR) is 79.0 cm³/mol. The third-order valence-electron chi connectivity index (χ3n) is 3.05. The van der Waals surface area contributed by atoms with Crippen LogP contribution in [0.2, 0.25) is 5.02 Å². The lowest BCUT2D eigenvalue weighted by molar-refractivity contribution is -0.127. The quantitative estimate of drug-likeness (QED) is 0.847. The summed E-state index contributed by atoms with van der Waals surface area (Å²) in [5, 5.41) is 0.785. The summed E-state index contributed by atoms with van der Waals surface area (Å²) in [6.07, 6.45) is 4.94. The number of benzene rings is 1. The van der Waals surface area contributed by atoms with Gasteiger partial charge in [0.2, 0.25) is 5.91 Å². The van der Waals surface area contributed by atoms with Gasteiger partial charge < -0.3 is 4.90 Å². The molecule has 0 bridgehead atoms. The zero-order valence-electron chi connectivity index (χ0n) is 10.4. The van der Waals surface area contributed by atoms with Gasteiger partial charge in [-0.2, -0.15) is 11.8 Å². The van der Waals surface area contributed by atoms with E-state index in [2.05, 4.69) is 6.08 Å². The Hall–Kier alpha value is -0.930. The highest BCUT2D eigenvalue weighted by molar-refractivity contribution is 7.99. The number of carbonyl (C=O) groups is 1. The summed E-state index contributed by atoms with van der Waals surface area (Å²) in [7, 11) is 0. The molecule has 18 heavy (non-hydrogen) atoms. The fourth-order valence-corrected chi connectivity index (χ4v) is 2.76. The Labute approximate surface area is 117 Å². The monoisotopic (exact) mass is 281 g/mol. The van der Waals surface area contributed by atoms with Gasteiger partial charge >= 0.3 is 0 Å². The SMILES string of the molecule is CSCC(=O)N1CC=C(c2ccccc2Cl)CC1. The second kappa shape index (κ2) is 6.30. The molecule has 0 aromatic heterocycles. The smallest absolute Gasteiger partial charge is 0.232 e. The molecule has 1 heterocycles. The van der Waals surface area contributed by atoms with E-state index in [-0.39, 0.29) is 5.91 Å². The van der Waals surface area contributed by atoms with Crippen molar-refractivity contribution in [3.63, 3.8) is 0 Å². The Bertz CT molecular complexity index is 473. The van der Waals surface area contributed by atoms with E-state index in [1.807, 2.05) is 35.4 Å². The van der Waals surface area contributed by atoms with Gasteiger partial charge in [0, 0.05) is 18.1 Å². The normalized spacial score (nSPS) is 15.4. The molecule has 0 aliphatic carbocycles. The second-order valence-electron chi connectivity index (χ2n) is 4.23. The van der Waals surface area contributed by atoms with Crippen LogP contribution in [0.15, 0.2) is 30.3 Å². The summed E-state index contributed by atoms with van der Waals surface area (Å²) >= 11 is 7.75. The van der Waals surface area contributed by atoms with Crippen molar-refractivity contribution in [2.75, 3.05) is 25.1 Å². The topological polar surface area (TPSA) is 20.3 Å². The Balaban J connectivity index is 2.07. The molecule has 0 unspecified atom stereocenters. The van der Waals surface area contributed by atoms with Gasteiger partial charge in [-0.05, 0) is 29.9 Å². The lowest BCUT2D eigenvalue weighted by Gasteiger charge is -2.26. The number of hydrogen-bond acceptors (Lipinski definition) is 2. The first-order valence-electron chi connectivity index (χ1n) is 5.93.